The van der Waals surface area contributed by atoms with Crippen molar-refractivity contribution in [3.8, 4) is 0 Å². The van der Waals surface area contributed by atoms with Gasteiger partial charge in [-0.15, -0.1) is 11.3 Å². The first-order chi connectivity index (χ1) is 8.78. The summed E-state index contributed by atoms with van der Waals surface area (Å²) in [5, 5.41) is 0. The van der Waals surface area contributed by atoms with Crippen molar-refractivity contribution < 1.29 is 9.31 Å². The summed E-state index contributed by atoms with van der Waals surface area (Å²) in [5.74, 6) is 0. The molecular weight excluding hydrogens is 257 g/mol. The lowest BCUT2D eigenvalue weighted by molar-refractivity contribution is 0.00578. The molecule has 1 aliphatic rings. The minimum Gasteiger partial charge on any atom is -0.399 e. The molecule has 3 nitrogen and oxygen atoms in total. The molecule has 2 aromatic rings. The Morgan fingerprint density at radius 1 is 1.11 bits per heavy atom. The van der Waals surface area contributed by atoms with E-state index >= 15 is 0 Å². The molecule has 0 aromatic carbocycles. The summed E-state index contributed by atoms with van der Waals surface area (Å²) in [7, 11) is -0.329. The highest BCUT2D eigenvalue weighted by Crippen LogP contribution is 2.36. The predicted molar refractivity (Wildman–Crippen MR) is 80.1 cm³/mol. The standard InChI is InChI=1S/C14H18BNO2S/c1-9-6-11-12(19-9)7-10(8-16-11)15-17-13(2,3)14(4,5)18-15/h6-8H,1-5H3. The Kier molecular flexibility index (Phi) is 2.79. The quantitative estimate of drug-likeness (QED) is 0.750. The fourth-order valence-electron chi connectivity index (χ4n) is 2.16. The SMILES string of the molecule is Cc1cc2ncc(B3OC(C)(C)C(C)(C)O3)cc2s1. The topological polar surface area (TPSA) is 31.4 Å². The molecule has 1 saturated heterocycles. The first-order valence-electron chi connectivity index (χ1n) is 6.50. The predicted octanol–water partition coefficient (Wildman–Crippen LogP) is 2.90. The lowest BCUT2D eigenvalue weighted by atomic mass is 9.80. The number of fused-ring (bicyclic) bond motifs is 1. The summed E-state index contributed by atoms with van der Waals surface area (Å²) in [5.41, 5.74) is 1.42. The number of hydrogen-bond donors (Lipinski definition) is 0. The number of thiophene rings is 1. The van der Waals surface area contributed by atoms with Crippen LogP contribution in [0.2, 0.25) is 0 Å². The smallest absolute Gasteiger partial charge is 0.399 e. The maximum Gasteiger partial charge on any atom is 0.496 e. The van der Waals surface area contributed by atoms with Gasteiger partial charge in [-0.1, -0.05) is 0 Å². The van der Waals surface area contributed by atoms with Gasteiger partial charge in [0.15, 0.2) is 0 Å². The van der Waals surface area contributed by atoms with Gasteiger partial charge >= 0.3 is 7.12 Å². The second kappa shape index (κ2) is 4.04. The molecule has 0 atom stereocenters. The Bertz CT molecular complexity index is 619. The lowest BCUT2D eigenvalue weighted by Crippen LogP contribution is -2.41. The maximum atomic E-state index is 6.05. The number of nitrogens with zero attached hydrogens (tertiary/aromatic N) is 1. The number of pyridine rings is 1. The molecule has 0 N–H and O–H groups in total. The Labute approximate surface area is 118 Å². The zero-order valence-corrected chi connectivity index (χ0v) is 12.8. The summed E-state index contributed by atoms with van der Waals surface area (Å²) in [6.07, 6.45) is 1.86. The van der Waals surface area contributed by atoms with E-state index in [1.807, 2.05) is 6.20 Å². The molecule has 1 fully saturated rings. The van der Waals surface area contributed by atoms with E-state index in [4.69, 9.17) is 9.31 Å². The number of rotatable bonds is 1. The van der Waals surface area contributed by atoms with Gasteiger partial charge in [-0.05, 0) is 46.8 Å². The van der Waals surface area contributed by atoms with Crippen LogP contribution in [0.3, 0.4) is 0 Å². The van der Waals surface area contributed by atoms with Gasteiger partial charge in [-0.3, -0.25) is 4.98 Å². The summed E-state index contributed by atoms with van der Waals surface area (Å²) in [6.45, 7) is 10.4. The van der Waals surface area contributed by atoms with Crippen molar-refractivity contribution in [2.24, 2.45) is 0 Å². The molecule has 19 heavy (non-hydrogen) atoms. The van der Waals surface area contributed by atoms with E-state index in [1.165, 1.54) is 9.58 Å². The Balaban J connectivity index is 1.97. The normalized spacial score (nSPS) is 21.2. The molecule has 1 aliphatic heterocycles. The van der Waals surface area contributed by atoms with Crippen LogP contribution >= 0.6 is 11.3 Å². The number of aromatic nitrogens is 1. The van der Waals surface area contributed by atoms with Gasteiger partial charge in [0.1, 0.15) is 0 Å². The van der Waals surface area contributed by atoms with E-state index in [1.54, 1.807) is 11.3 Å². The van der Waals surface area contributed by atoms with E-state index < -0.39 is 0 Å². The largest absolute Gasteiger partial charge is 0.496 e. The average Bonchev–Trinajstić information content (AvgIpc) is 2.74. The molecule has 5 heteroatoms. The van der Waals surface area contributed by atoms with Gasteiger partial charge < -0.3 is 9.31 Å². The van der Waals surface area contributed by atoms with Crippen molar-refractivity contribution in [1.82, 2.24) is 4.98 Å². The van der Waals surface area contributed by atoms with Crippen molar-refractivity contribution in [3.63, 3.8) is 0 Å². The molecule has 0 bridgehead atoms. The molecule has 3 heterocycles. The van der Waals surface area contributed by atoms with Gasteiger partial charge in [0.05, 0.1) is 21.4 Å². The van der Waals surface area contributed by atoms with Crippen LogP contribution in [0.5, 0.6) is 0 Å². The van der Waals surface area contributed by atoms with Crippen molar-refractivity contribution in [3.05, 3.63) is 23.2 Å². The monoisotopic (exact) mass is 275 g/mol. The second-order valence-electron chi connectivity index (χ2n) is 6.10. The highest BCUT2D eigenvalue weighted by molar-refractivity contribution is 7.19. The van der Waals surface area contributed by atoms with Crippen LogP contribution < -0.4 is 5.46 Å². The summed E-state index contributed by atoms with van der Waals surface area (Å²) in [4.78, 5) is 5.76. The van der Waals surface area contributed by atoms with E-state index in [0.29, 0.717) is 0 Å². The molecular formula is C14H18BNO2S. The molecule has 2 aromatic heterocycles. The van der Waals surface area contributed by atoms with Crippen molar-refractivity contribution in [1.29, 1.82) is 0 Å². The highest BCUT2D eigenvalue weighted by Gasteiger charge is 2.51. The fourth-order valence-corrected chi connectivity index (χ4v) is 3.09. The van der Waals surface area contributed by atoms with Crippen LogP contribution in [0.25, 0.3) is 10.2 Å². The van der Waals surface area contributed by atoms with E-state index in [9.17, 15) is 0 Å². The van der Waals surface area contributed by atoms with Crippen LogP contribution in [0, 0.1) is 6.92 Å². The Morgan fingerprint density at radius 2 is 1.74 bits per heavy atom. The van der Waals surface area contributed by atoms with E-state index in [0.717, 1.165) is 11.0 Å². The van der Waals surface area contributed by atoms with Gasteiger partial charge in [0.2, 0.25) is 0 Å². The first kappa shape index (κ1) is 13.1. The highest BCUT2D eigenvalue weighted by atomic mass is 32.1. The van der Waals surface area contributed by atoms with Crippen LogP contribution in [0.4, 0.5) is 0 Å². The number of aryl methyl sites for hydroxylation is 1. The van der Waals surface area contributed by atoms with Crippen LogP contribution in [0.15, 0.2) is 18.3 Å². The zero-order chi connectivity index (χ0) is 13.8. The summed E-state index contributed by atoms with van der Waals surface area (Å²) >= 11 is 1.75. The lowest BCUT2D eigenvalue weighted by Gasteiger charge is -2.32. The zero-order valence-electron chi connectivity index (χ0n) is 12.0. The Morgan fingerprint density at radius 3 is 2.37 bits per heavy atom. The van der Waals surface area contributed by atoms with Crippen molar-refractivity contribution in [2.45, 2.75) is 45.8 Å². The van der Waals surface area contributed by atoms with Gasteiger partial charge in [0.25, 0.3) is 0 Å². The third-order valence-electron chi connectivity index (χ3n) is 4.04. The van der Waals surface area contributed by atoms with Crippen molar-refractivity contribution in [2.75, 3.05) is 0 Å². The second-order valence-corrected chi connectivity index (χ2v) is 7.39. The molecule has 0 saturated carbocycles. The maximum absolute atomic E-state index is 6.05. The van der Waals surface area contributed by atoms with Crippen LogP contribution in [-0.2, 0) is 9.31 Å². The van der Waals surface area contributed by atoms with Gasteiger partial charge in [-0.25, -0.2) is 0 Å². The molecule has 0 unspecified atom stereocenters. The van der Waals surface area contributed by atoms with E-state index in [-0.39, 0.29) is 18.3 Å². The number of hydrogen-bond acceptors (Lipinski definition) is 4. The summed E-state index contributed by atoms with van der Waals surface area (Å²) in [6, 6.07) is 4.23. The molecule has 100 valence electrons. The van der Waals surface area contributed by atoms with Crippen molar-refractivity contribution >= 4 is 34.1 Å². The van der Waals surface area contributed by atoms with E-state index in [2.05, 4.69) is 51.7 Å². The van der Waals surface area contributed by atoms with Crippen LogP contribution in [-0.4, -0.2) is 23.3 Å². The van der Waals surface area contributed by atoms with Gasteiger partial charge in [0, 0.05) is 16.5 Å². The minimum atomic E-state index is -0.329. The average molecular weight is 275 g/mol. The summed E-state index contributed by atoms with van der Waals surface area (Å²) < 4.78 is 13.3. The molecule has 0 aliphatic carbocycles. The molecule has 0 radical (unpaired) electrons. The van der Waals surface area contributed by atoms with Gasteiger partial charge in [-0.2, -0.15) is 0 Å². The third kappa shape index (κ3) is 2.10. The Hall–Kier alpha value is -0.905. The van der Waals surface area contributed by atoms with Crippen LogP contribution in [0.1, 0.15) is 32.6 Å². The third-order valence-corrected chi connectivity index (χ3v) is 5.03. The molecule has 3 rings (SSSR count). The fraction of sp³-hybridized carbons (Fsp3) is 0.500. The first-order valence-corrected chi connectivity index (χ1v) is 7.32. The molecule has 0 amide bonds. The molecule has 0 spiro atoms. The minimum absolute atomic E-state index is 0.308.